The minimum Gasteiger partial charge on any atom is -0.338 e. The number of carbonyl (C=O) groups is 1. The molecule has 10 nitrogen and oxygen atoms in total. The van der Waals surface area contributed by atoms with Gasteiger partial charge >= 0.3 is 0 Å². The lowest BCUT2D eigenvalue weighted by Gasteiger charge is -2.36. The quantitative estimate of drug-likeness (QED) is 0.658. The molecule has 0 bridgehead atoms. The second-order valence-electron chi connectivity index (χ2n) is 5.21. The minimum absolute atomic E-state index is 0.0144. The highest BCUT2D eigenvalue weighted by molar-refractivity contribution is 5.92. The van der Waals surface area contributed by atoms with Crippen LogP contribution in [0.2, 0.25) is 0 Å². The number of likely N-dealkylation sites (tertiary alicyclic amines) is 1. The van der Waals surface area contributed by atoms with Crippen LogP contribution in [0.25, 0.3) is 11.6 Å². The third-order valence-electron chi connectivity index (χ3n) is 3.55. The Bertz CT molecular complexity index is 837. The first-order chi connectivity index (χ1) is 11.2. The third-order valence-corrected chi connectivity index (χ3v) is 3.55. The Morgan fingerprint density at radius 1 is 1.26 bits per heavy atom. The van der Waals surface area contributed by atoms with Crippen molar-refractivity contribution in [2.45, 2.75) is 5.92 Å². The van der Waals surface area contributed by atoms with Gasteiger partial charge in [0.15, 0.2) is 5.69 Å². The molecular weight excluding hydrogens is 300 g/mol. The molecular formula is C13H12N8O2. The van der Waals surface area contributed by atoms with E-state index in [2.05, 4.69) is 30.4 Å². The van der Waals surface area contributed by atoms with Gasteiger partial charge in [-0.3, -0.25) is 9.48 Å². The fraction of sp³-hybridized carbons (Fsp3) is 0.308. The van der Waals surface area contributed by atoms with Crippen molar-refractivity contribution < 1.29 is 9.32 Å². The van der Waals surface area contributed by atoms with Gasteiger partial charge in [-0.25, -0.2) is 9.97 Å². The van der Waals surface area contributed by atoms with Gasteiger partial charge in [-0.2, -0.15) is 4.98 Å². The summed E-state index contributed by atoms with van der Waals surface area (Å²) >= 11 is 0. The van der Waals surface area contributed by atoms with Crippen LogP contribution in [0.4, 0.5) is 0 Å². The zero-order chi connectivity index (χ0) is 15.8. The summed E-state index contributed by atoms with van der Waals surface area (Å²) in [5, 5.41) is 11.5. The molecule has 0 aromatic carbocycles. The Kier molecular flexibility index (Phi) is 3.07. The molecule has 10 heteroatoms. The van der Waals surface area contributed by atoms with Gasteiger partial charge in [0.05, 0.1) is 12.1 Å². The monoisotopic (exact) mass is 312 g/mol. The number of nitrogens with zero attached hydrogens (tertiary/aromatic N) is 8. The molecule has 23 heavy (non-hydrogen) atoms. The number of hydrogen-bond acceptors (Lipinski definition) is 8. The topological polar surface area (TPSA) is 116 Å². The number of rotatable bonds is 3. The molecule has 3 aromatic heterocycles. The van der Waals surface area contributed by atoms with Crippen LogP contribution in [0.3, 0.4) is 0 Å². The molecule has 0 aliphatic carbocycles. The Morgan fingerprint density at radius 2 is 2.04 bits per heavy atom. The van der Waals surface area contributed by atoms with Crippen molar-refractivity contribution in [2.75, 3.05) is 13.1 Å². The molecule has 3 aromatic rings. The summed E-state index contributed by atoms with van der Waals surface area (Å²) in [5.41, 5.74) is 0.329. The molecule has 1 aliphatic heterocycles. The first-order valence-corrected chi connectivity index (χ1v) is 6.97. The van der Waals surface area contributed by atoms with E-state index in [0.29, 0.717) is 36.3 Å². The predicted octanol–water partition coefficient (Wildman–Crippen LogP) is -0.105. The van der Waals surface area contributed by atoms with Gasteiger partial charge in [0, 0.05) is 32.5 Å². The summed E-state index contributed by atoms with van der Waals surface area (Å²) in [5.74, 6) is 1.10. The van der Waals surface area contributed by atoms with Gasteiger partial charge in [-0.05, 0) is 6.07 Å². The summed E-state index contributed by atoms with van der Waals surface area (Å²) in [6.07, 6.45) is 4.82. The lowest BCUT2D eigenvalue weighted by atomic mass is 10.00. The zero-order valence-electron chi connectivity index (χ0n) is 12.2. The fourth-order valence-electron chi connectivity index (χ4n) is 2.31. The average molecular weight is 312 g/mol. The molecule has 4 rings (SSSR count). The van der Waals surface area contributed by atoms with Gasteiger partial charge in [0.25, 0.3) is 5.91 Å². The Balaban J connectivity index is 1.42. The maximum atomic E-state index is 12.2. The Morgan fingerprint density at radius 3 is 2.74 bits per heavy atom. The van der Waals surface area contributed by atoms with Crippen molar-refractivity contribution in [1.82, 2.24) is 40.0 Å². The van der Waals surface area contributed by atoms with E-state index >= 15 is 0 Å². The molecule has 0 atom stereocenters. The van der Waals surface area contributed by atoms with Gasteiger partial charge in [0.2, 0.25) is 17.5 Å². The lowest BCUT2D eigenvalue weighted by Crippen LogP contribution is -2.48. The van der Waals surface area contributed by atoms with Gasteiger partial charge < -0.3 is 9.42 Å². The normalized spacial score (nSPS) is 14.7. The van der Waals surface area contributed by atoms with Crippen molar-refractivity contribution in [3.8, 4) is 11.6 Å². The first kappa shape index (κ1) is 13.5. The van der Waals surface area contributed by atoms with Crippen LogP contribution in [0.15, 0.2) is 29.2 Å². The van der Waals surface area contributed by atoms with Crippen LogP contribution in [-0.2, 0) is 7.05 Å². The van der Waals surface area contributed by atoms with E-state index in [0.717, 1.165) is 0 Å². The van der Waals surface area contributed by atoms with Crippen molar-refractivity contribution in [1.29, 1.82) is 0 Å². The highest BCUT2D eigenvalue weighted by Gasteiger charge is 2.37. The van der Waals surface area contributed by atoms with Crippen molar-refractivity contribution >= 4 is 5.91 Å². The molecule has 1 fully saturated rings. The molecule has 1 saturated heterocycles. The van der Waals surface area contributed by atoms with Crippen LogP contribution in [-0.4, -0.2) is 59.0 Å². The molecule has 0 N–H and O–H groups in total. The van der Waals surface area contributed by atoms with Gasteiger partial charge in [-0.1, -0.05) is 10.4 Å². The molecule has 1 amide bonds. The summed E-state index contributed by atoms with van der Waals surface area (Å²) in [7, 11) is 1.72. The van der Waals surface area contributed by atoms with E-state index in [1.54, 1.807) is 36.6 Å². The molecule has 116 valence electrons. The Hall–Kier alpha value is -3.17. The zero-order valence-corrected chi connectivity index (χ0v) is 12.2. The van der Waals surface area contributed by atoms with Crippen molar-refractivity contribution in [3.05, 3.63) is 36.2 Å². The van der Waals surface area contributed by atoms with E-state index in [4.69, 9.17) is 4.52 Å². The second-order valence-corrected chi connectivity index (χ2v) is 5.21. The second kappa shape index (κ2) is 5.23. The third kappa shape index (κ3) is 2.43. The molecule has 1 aliphatic rings. The van der Waals surface area contributed by atoms with E-state index in [1.165, 1.54) is 4.68 Å². The maximum absolute atomic E-state index is 12.2. The van der Waals surface area contributed by atoms with E-state index in [-0.39, 0.29) is 11.8 Å². The maximum Gasteiger partial charge on any atom is 0.276 e. The summed E-state index contributed by atoms with van der Waals surface area (Å²) in [6.45, 7) is 1.01. The fourth-order valence-corrected chi connectivity index (χ4v) is 2.31. The standard InChI is InChI=1S/C13H12N8O2/c1-20-7-9(17-19-20)13(22)21-5-8(6-21)12-16-11(18-23-12)10-14-3-2-4-15-10/h2-4,7-8H,5-6H2,1H3. The van der Waals surface area contributed by atoms with Crippen molar-refractivity contribution in [3.63, 3.8) is 0 Å². The largest absolute Gasteiger partial charge is 0.338 e. The predicted molar refractivity (Wildman–Crippen MR) is 75.0 cm³/mol. The number of aryl methyl sites for hydroxylation is 1. The van der Waals surface area contributed by atoms with Crippen LogP contribution in [0, 0.1) is 0 Å². The van der Waals surface area contributed by atoms with Gasteiger partial charge in [-0.15, -0.1) is 5.10 Å². The van der Waals surface area contributed by atoms with Crippen LogP contribution < -0.4 is 0 Å². The first-order valence-electron chi connectivity index (χ1n) is 6.97. The number of carbonyl (C=O) groups excluding carboxylic acids is 1. The van der Waals surface area contributed by atoms with Crippen molar-refractivity contribution in [2.24, 2.45) is 7.05 Å². The lowest BCUT2D eigenvalue weighted by molar-refractivity contribution is 0.0563. The molecule has 0 radical (unpaired) electrons. The van der Waals surface area contributed by atoms with E-state index in [9.17, 15) is 4.79 Å². The Labute approximate surface area is 130 Å². The minimum atomic E-state index is -0.152. The van der Waals surface area contributed by atoms with Crippen LogP contribution >= 0.6 is 0 Å². The number of aromatic nitrogens is 7. The molecule has 0 unspecified atom stereocenters. The van der Waals surface area contributed by atoms with E-state index < -0.39 is 0 Å². The smallest absolute Gasteiger partial charge is 0.276 e. The molecule has 0 spiro atoms. The summed E-state index contributed by atoms with van der Waals surface area (Å²) in [6, 6.07) is 1.71. The van der Waals surface area contributed by atoms with E-state index in [1.807, 2.05) is 0 Å². The summed E-state index contributed by atoms with van der Waals surface area (Å²) in [4.78, 5) is 26.3. The highest BCUT2D eigenvalue weighted by atomic mass is 16.5. The molecule has 0 saturated carbocycles. The SMILES string of the molecule is Cn1cc(C(=O)N2CC(c3nc(-c4ncccn4)no3)C2)nn1. The number of amides is 1. The van der Waals surface area contributed by atoms with Gasteiger partial charge in [0.1, 0.15) is 0 Å². The molecule has 4 heterocycles. The average Bonchev–Trinajstić information content (AvgIpc) is 3.16. The number of hydrogen-bond donors (Lipinski definition) is 0. The highest BCUT2D eigenvalue weighted by Crippen LogP contribution is 2.27. The summed E-state index contributed by atoms with van der Waals surface area (Å²) < 4.78 is 6.74. The van der Waals surface area contributed by atoms with Crippen LogP contribution in [0.5, 0.6) is 0 Å². The van der Waals surface area contributed by atoms with Crippen LogP contribution in [0.1, 0.15) is 22.3 Å².